The van der Waals surface area contributed by atoms with Gasteiger partial charge in [-0.05, 0) is 24.6 Å². The van der Waals surface area contributed by atoms with Gasteiger partial charge in [-0.1, -0.05) is 6.92 Å². The molecule has 0 saturated carbocycles. The Bertz CT molecular complexity index is 656. The van der Waals surface area contributed by atoms with Gasteiger partial charge in [0.25, 0.3) is 5.69 Å². The lowest BCUT2D eigenvalue weighted by Crippen LogP contribution is -2.10. The van der Waals surface area contributed by atoms with Gasteiger partial charge in [0, 0.05) is 24.5 Å². The standard InChI is InChI=1S/C14H15F2N3O2/c1-2-7-18-8-3-4-10(18)9-17-14-12(19(20)21)6-5-11(15)13(14)16/h3-6,8,17H,2,7,9H2,1H3. The van der Waals surface area contributed by atoms with Crippen molar-refractivity contribution in [1.29, 1.82) is 0 Å². The second kappa shape index (κ2) is 6.34. The fourth-order valence-electron chi connectivity index (χ4n) is 2.11. The Balaban J connectivity index is 2.25. The molecule has 0 radical (unpaired) electrons. The van der Waals surface area contributed by atoms with E-state index in [2.05, 4.69) is 5.32 Å². The van der Waals surface area contributed by atoms with E-state index in [0.717, 1.165) is 30.8 Å². The van der Waals surface area contributed by atoms with Crippen molar-refractivity contribution in [3.8, 4) is 0 Å². The summed E-state index contributed by atoms with van der Waals surface area (Å²) < 4.78 is 29.0. The molecule has 2 aromatic rings. The molecule has 0 spiro atoms. The minimum absolute atomic E-state index is 0.175. The van der Waals surface area contributed by atoms with Gasteiger partial charge >= 0.3 is 0 Å². The van der Waals surface area contributed by atoms with Crippen LogP contribution in [0.1, 0.15) is 19.0 Å². The van der Waals surface area contributed by atoms with Gasteiger partial charge in [0.15, 0.2) is 17.3 Å². The SMILES string of the molecule is CCCn1cccc1CNc1c([N+](=O)[O-])ccc(F)c1F. The van der Waals surface area contributed by atoms with E-state index < -0.39 is 27.9 Å². The number of anilines is 1. The van der Waals surface area contributed by atoms with Crippen LogP contribution < -0.4 is 5.32 Å². The molecule has 112 valence electrons. The fourth-order valence-corrected chi connectivity index (χ4v) is 2.11. The maximum absolute atomic E-state index is 13.8. The Kier molecular flexibility index (Phi) is 4.52. The molecule has 21 heavy (non-hydrogen) atoms. The van der Waals surface area contributed by atoms with E-state index in [1.807, 2.05) is 29.8 Å². The molecule has 0 bridgehead atoms. The lowest BCUT2D eigenvalue weighted by atomic mass is 10.2. The Morgan fingerprint density at radius 1 is 1.33 bits per heavy atom. The average Bonchev–Trinajstić information content (AvgIpc) is 2.88. The molecule has 0 unspecified atom stereocenters. The number of nitro groups is 1. The molecule has 0 atom stereocenters. The molecule has 0 fully saturated rings. The van der Waals surface area contributed by atoms with Gasteiger partial charge in [-0.15, -0.1) is 0 Å². The lowest BCUT2D eigenvalue weighted by Gasteiger charge is -2.11. The second-order valence-electron chi connectivity index (χ2n) is 4.56. The summed E-state index contributed by atoms with van der Waals surface area (Å²) in [7, 11) is 0. The van der Waals surface area contributed by atoms with Gasteiger partial charge in [0.05, 0.1) is 11.5 Å². The van der Waals surface area contributed by atoms with Crippen LogP contribution in [0.15, 0.2) is 30.5 Å². The molecule has 0 aliphatic carbocycles. The van der Waals surface area contributed by atoms with Crippen LogP contribution in [-0.4, -0.2) is 9.49 Å². The summed E-state index contributed by atoms with van der Waals surface area (Å²) in [6.45, 7) is 2.99. The van der Waals surface area contributed by atoms with Crippen LogP contribution in [0.2, 0.25) is 0 Å². The zero-order valence-corrected chi connectivity index (χ0v) is 11.5. The molecule has 7 heteroatoms. The van der Waals surface area contributed by atoms with Crippen molar-refractivity contribution < 1.29 is 13.7 Å². The summed E-state index contributed by atoms with van der Waals surface area (Å²) >= 11 is 0. The molecule has 0 amide bonds. The molecule has 0 aliphatic heterocycles. The van der Waals surface area contributed by atoms with Crippen molar-refractivity contribution in [2.75, 3.05) is 5.32 Å². The van der Waals surface area contributed by atoms with Crippen LogP contribution in [0.4, 0.5) is 20.2 Å². The van der Waals surface area contributed by atoms with E-state index in [9.17, 15) is 18.9 Å². The first kappa shape index (κ1) is 15.0. The number of nitro benzene ring substituents is 1. The highest BCUT2D eigenvalue weighted by Crippen LogP contribution is 2.29. The third-order valence-electron chi connectivity index (χ3n) is 3.10. The Labute approximate surface area is 120 Å². The van der Waals surface area contributed by atoms with Crippen LogP contribution in [0.5, 0.6) is 0 Å². The predicted molar refractivity (Wildman–Crippen MR) is 75.1 cm³/mol. The number of nitrogens with zero attached hydrogens (tertiary/aromatic N) is 2. The highest BCUT2D eigenvalue weighted by Gasteiger charge is 2.21. The summed E-state index contributed by atoms with van der Waals surface area (Å²) in [6, 6.07) is 5.36. The Hall–Kier alpha value is -2.44. The summed E-state index contributed by atoms with van der Waals surface area (Å²) in [5.74, 6) is -2.36. The molecule has 1 N–H and O–H groups in total. The molecule has 0 saturated heterocycles. The first-order chi connectivity index (χ1) is 10.0. The predicted octanol–water partition coefficient (Wildman–Crippen LogP) is 3.70. The zero-order chi connectivity index (χ0) is 15.4. The van der Waals surface area contributed by atoms with Crippen molar-refractivity contribution in [3.05, 3.63) is 57.9 Å². The van der Waals surface area contributed by atoms with Gasteiger partial charge < -0.3 is 9.88 Å². The van der Waals surface area contributed by atoms with E-state index in [0.29, 0.717) is 0 Å². The van der Waals surface area contributed by atoms with Crippen molar-refractivity contribution in [3.63, 3.8) is 0 Å². The molecule has 1 aromatic carbocycles. The van der Waals surface area contributed by atoms with Crippen LogP contribution in [0.3, 0.4) is 0 Å². The van der Waals surface area contributed by atoms with Crippen molar-refractivity contribution >= 4 is 11.4 Å². The smallest absolute Gasteiger partial charge is 0.295 e. The Morgan fingerprint density at radius 3 is 2.76 bits per heavy atom. The number of aryl methyl sites for hydroxylation is 1. The average molecular weight is 295 g/mol. The second-order valence-corrected chi connectivity index (χ2v) is 4.56. The highest BCUT2D eigenvalue weighted by atomic mass is 19.2. The number of rotatable bonds is 6. The Morgan fingerprint density at radius 2 is 2.10 bits per heavy atom. The summed E-state index contributed by atoms with van der Waals surface area (Å²) in [6.07, 6.45) is 2.80. The van der Waals surface area contributed by atoms with Crippen molar-refractivity contribution in [1.82, 2.24) is 4.57 Å². The maximum Gasteiger partial charge on any atom is 0.295 e. The fraction of sp³-hybridized carbons (Fsp3) is 0.286. The van der Waals surface area contributed by atoms with Gasteiger partial charge in [-0.25, -0.2) is 8.78 Å². The third kappa shape index (κ3) is 3.18. The minimum atomic E-state index is -1.24. The number of aromatic nitrogens is 1. The van der Waals surface area contributed by atoms with Gasteiger partial charge in [-0.2, -0.15) is 0 Å². The van der Waals surface area contributed by atoms with E-state index in [4.69, 9.17) is 0 Å². The van der Waals surface area contributed by atoms with Gasteiger partial charge in [0.2, 0.25) is 0 Å². The number of hydrogen-bond acceptors (Lipinski definition) is 3. The van der Waals surface area contributed by atoms with Gasteiger partial charge in [-0.3, -0.25) is 10.1 Å². The molecule has 2 rings (SSSR count). The van der Waals surface area contributed by atoms with Crippen LogP contribution >= 0.6 is 0 Å². The first-order valence-corrected chi connectivity index (χ1v) is 6.54. The van der Waals surface area contributed by atoms with Crippen molar-refractivity contribution in [2.24, 2.45) is 0 Å². The third-order valence-corrected chi connectivity index (χ3v) is 3.10. The summed E-state index contributed by atoms with van der Waals surface area (Å²) in [5.41, 5.74) is -0.0680. The van der Waals surface area contributed by atoms with Crippen molar-refractivity contribution in [2.45, 2.75) is 26.4 Å². The van der Waals surface area contributed by atoms with E-state index in [-0.39, 0.29) is 6.54 Å². The molecule has 5 nitrogen and oxygen atoms in total. The normalized spacial score (nSPS) is 10.6. The number of nitrogens with one attached hydrogen (secondary N) is 1. The van der Waals surface area contributed by atoms with E-state index in [1.165, 1.54) is 0 Å². The summed E-state index contributed by atoms with van der Waals surface area (Å²) in [5, 5.41) is 13.5. The maximum atomic E-state index is 13.8. The number of halogens is 2. The van der Waals surface area contributed by atoms with E-state index in [1.54, 1.807) is 0 Å². The van der Waals surface area contributed by atoms with Crippen LogP contribution in [0, 0.1) is 21.7 Å². The largest absolute Gasteiger partial charge is 0.371 e. The quantitative estimate of drug-likeness (QED) is 0.653. The molecule has 1 aromatic heterocycles. The minimum Gasteiger partial charge on any atom is -0.371 e. The van der Waals surface area contributed by atoms with E-state index >= 15 is 0 Å². The zero-order valence-electron chi connectivity index (χ0n) is 11.5. The highest BCUT2D eigenvalue weighted by molar-refractivity contribution is 5.62. The monoisotopic (exact) mass is 295 g/mol. The summed E-state index contributed by atoms with van der Waals surface area (Å²) in [4.78, 5) is 10.1. The molecule has 1 heterocycles. The molecule has 0 aliphatic rings. The molecular formula is C14H15F2N3O2. The van der Waals surface area contributed by atoms with Crippen LogP contribution in [-0.2, 0) is 13.1 Å². The lowest BCUT2D eigenvalue weighted by molar-refractivity contribution is -0.384. The molecular weight excluding hydrogens is 280 g/mol. The topological polar surface area (TPSA) is 60.1 Å². The van der Waals surface area contributed by atoms with Crippen LogP contribution in [0.25, 0.3) is 0 Å². The van der Waals surface area contributed by atoms with Gasteiger partial charge in [0.1, 0.15) is 0 Å². The number of benzene rings is 1. The number of hydrogen-bond donors (Lipinski definition) is 1. The first-order valence-electron chi connectivity index (χ1n) is 6.54.